The molecule has 0 spiro atoms. The van der Waals surface area contributed by atoms with Crippen LogP contribution in [0.4, 0.5) is 22.7 Å². The van der Waals surface area contributed by atoms with Gasteiger partial charge in [-0.3, -0.25) is 0 Å². The average Bonchev–Trinajstić information content (AvgIpc) is 4.31. The summed E-state index contributed by atoms with van der Waals surface area (Å²) in [6.07, 6.45) is 27.8. The largest absolute Gasteiger partial charge is 0.371 e. The van der Waals surface area contributed by atoms with E-state index >= 15 is 0 Å². The van der Waals surface area contributed by atoms with Gasteiger partial charge in [-0.15, -0.1) is 0 Å². The molecule has 8 bridgehead atoms. The zero-order valence-electron chi connectivity index (χ0n) is 43.9. The van der Waals surface area contributed by atoms with Crippen LogP contribution in [0, 0.1) is 0 Å². The van der Waals surface area contributed by atoms with Crippen molar-refractivity contribution in [2.75, 3.05) is 72.0 Å². The molecule has 0 radical (unpaired) electrons. The molecule has 8 heteroatoms. The molecule has 8 nitrogen and oxygen atoms in total. The van der Waals surface area contributed by atoms with E-state index in [1.54, 1.807) is 0 Å². The highest BCUT2D eigenvalue weighted by Crippen LogP contribution is 2.47. The number of nitrogens with one attached hydrogen (secondary N) is 2. The summed E-state index contributed by atoms with van der Waals surface area (Å²) in [6, 6.07) is 29.6. The molecular weight excluding hydrogens is 929 g/mol. The summed E-state index contributed by atoms with van der Waals surface area (Å²) in [5, 5.41) is 0. The lowest BCUT2D eigenvalue weighted by Gasteiger charge is -2.37. The Morgan fingerprint density at radius 3 is 0.671 bits per heavy atom. The lowest BCUT2D eigenvalue weighted by Crippen LogP contribution is -2.34. The Hall–Kier alpha value is -7.32. The Labute approximate surface area is 446 Å². The number of aromatic amines is 2. The molecule has 0 aliphatic carbocycles. The van der Waals surface area contributed by atoms with Gasteiger partial charge in [0, 0.05) is 119 Å². The van der Waals surface area contributed by atoms with Crippen molar-refractivity contribution in [1.82, 2.24) is 19.9 Å². The standard InChI is InChI=1S/C68H66N8/c1-9-41-33-49(34-42-10-2-26-73(25-1)65(41)42)61-53-17-19-55(69-53)62(50-35-43-11-3-27-74-28-4-12-44(36-50)66(43)74)57-21-23-59(71-57)64(52-39-47-15-7-31-76-32-8-16-48(40-52)68(47)76)60-24-22-58(72-60)63(56-20-18-54(61)70-56)51-37-45-13-5-29-75-30-6-14-46(38-51)67(45)75/h17-24,33-40,69,72H,1-16,25-32H2. The third-order valence-corrected chi connectivity index (χ3v) is 19.2. The number of benzene rings is 4. The van der Waals surface area contributed by atoms with Crippen LogP contribution < -0.4 is 19.6 Å². The van der Waals surface area contributed by atoms with Crippen molar-refractivity contribution in [3.05, 3.63) is 140 Å². The minimum atomic E-state index is 1.01. The van der Waals surface area contributed by atoms with Crippen LogP contribution in [0.25, 0.3) is 90.9 Å². The Balaban J connectivity index is 0.991. The Morgan fingerprint density at radius 1 is 0.276 bits per heavy atom. The number of fused-ring (bicyclic) bond motifs is 8. The van der Waals surface area contributed by atoms with Crippen LogP contribution in [0.5, 0.6) is 0 Å². The summed E-state index contributed by atoms with van der Waals surface area (Å²) in [4.78, 5) is 30.8. The van der Waals surface area contributed by atoms with Gasteiger partial charge in [0.25, 0.3) is 0 Å². The highest BCUT2D eigenvalue weighted by molar-refractivity contribution is 6.01. The van der Waals surface area contributed by atoms with Gasteiger partial charge in [-0.05, 0) is 267 Å². The number of nitrogens with zero attached hydrogens (tertiary/aromatic N) is 6. The second-order valence-corrected chi connectivity index (χ2v) is 23.9. The van der Waals surface area contributed by atoms with Crippen LogP contribution in [0.3, 0.4) is 0 Å². The van der Waals surface area contributed by atoms with Gasteiger partial charge in [-0.25, -0.2) is 9.97 Å². The maximum Gasteiger partial charge on any atom is 0.0737 e. The Bertz CT molecular complexity index is 3280. The van der Waals surface area contributed by atoms with Crippen LogP contribution in [-0.4, -0.2) is 72.3 Å². The number of aryl methyl sites for hydroxylation is 8. The molecule has 10 aliphatic rings. The molecule has 378 valence electrons. The molecule has 0 saturated carbocycles. The van der Waals surface area contributed by atoms with E-state index in [0.29, 0.717) is 0 Å². The maximum atomic E-state index is 5.88. The number of hydrogen-bond acceptors (Lipinski definition) is 6. The van der Waals surface area contributed by atoms with Crippen molar-refractivity contribution >= 4 is 69.1 Å². The number of H-pyrrole nitrogens is 2. The third-order valence-electron chi connectivity index (χ3n) is 19.2. The number of rotatable bonds is 4. The molecule has 3 aromatic heterocycles. The van der Waals surface area contributed by atoms with E-state index in [0.717, 1.165) is 149 Å². The van der Waals surface area contributed by atoms with Crippen molar-refractivity contribution in [1.29, 1.82) is 0 Å². The predicted octanol–water partition coefficient (Wildman–Crippen LogP) is 14.1. The zero-order valence-corrected chi connectivity index (χ0v) is 43.9. The van der Waals surface area contributed by atoms with E-state index in [-0.39, 0.29) is 0 Å². The summed E-state index contributed by atoms with van der Waals surface area (Å²) >= 11 is 0. The minimum Gasteiger partial charge on any atom is -0.371 e. The molecular formula is C68H66N8. The molecule has 10 aliphatic heterocycles. The molecule has 0 saturated heterocycles. The van der Waals surface area contributed by atoms with Crippen LogP contribution in [-0.2, 0) is 51.4 Å². The van der Waals surface area contributed by atoms with Crippen molar-refractivity contribution in [2.24, 2.45) is 0 Å². The first-order valence-corrected chi connectivity index (χ1v) is 29.4. The van der Waals surface area contributed by atoms with Crippen LogP contribution in [0.15, 0.2) is 72.8 Å². The molecule has 0 atom stereocenters. The molecule has 76 heavy (non-hydrogen) atoms. The monoisotopic (exact) mass is 995 g/mol. The molecule has 0 fully saturated rings. The molecule has 0 unspecified atom stereocenters. The Morgan fingerprint density at radius 2 is 0.474 bits per heavy atom. The van der Waals surface area contributed by atoms with E-state index in [4.69, 9.17) is 9.97 Å². The first-order valence-electron chi connectivity index (χ1n) is 29.4. The highest BCUT2D eigenvalue weighted by Gasteiger charge is 2.31. The van der Waals surface area contributed by atoms with Gasteiger partial charge in [0.05, 0.1) is 22.8 Å². The normalized spacial score (nSPS) is 18.6. The van der Waals surface area contributed by atoms with E-state index in [1.807, 2.05) is 0 Å². The van der Waals surface area contributed by atoms with Gasteiger partial charge in [0.15, 0.2) is 0 Å². The fourth-order valence-corrected chi connectivity index (χ4v) is 16.2. The van der Waals surface area contributed by atoms with E-state index in [1.165, 1.54) is 163 Å². The topological polar surface area (TPSA) is 70.3 Å². The molecule has 7 aromatic rings. The molecule has 17 rings (SSSR count). The zero-order chi connectivity index (χ0) is 49.6. The summed E-state index contributed by atoms with van der Waals surface area (Å²) in [5.41, 5.74) is 36.1. The van der Waals surface area contributed by atoms with Gasteiger partial charge in [0.2, 0.25) is 0 Å². The fraction of sp³-hybridized carbons (Fsp3) is 0.353. The second kappa shape index (κ2) is 17.1. The van der Waals surface area contributed by atoms with Gasteiger partial charge in [-0.2, -0.15) is 0 Å². The third kappa shape index (κ3) is 6.87. The van der Waals surface area contributed by atoms with E-state index in [9.17, 15) is 0 Å². The summed E-state index contributed by atoms with van der Waals surface area (Å²) in [5.74, 6) is 0. The Kier molecular flexibility index (Phi) is 9.87. The lowest BCUT2D eigenvalue weighted by atomic mass is 9.88. The smallest absolute Gasteiger partial charge is 0.0737 e. The van der Waals surface area contributed by atoms with Gasteiger partial charge >= 0.3 is 0 Å². The summed E-state index contributed by atoms with van der Waals surface area (Å²) < 4.78 is 0. The quantitative estimate of drug-likeness (QED) is 0.183. The van der Waals surface area contributed by atoms with Crippen molar-refractivity contribution in [3.8, 4) is 44.5 Å². The minimum absolute atomic E-state index is 1.01. The fourth-order valence-electron chi connectivity index (χ4n) is 16.2. The second-order valence-electron chi connectivity index (χ2n) is 23.9. The number of aromatic nitrogens is 4. The van der Waals surface area contributed by atoms with E-state index < -0.39 is 0 Å². The SMILES string of the molecule is C1=Cc2nc1c(-c1cc3c4c(c1)CCCN4CCC3)c1ccc([nH]1)c(-c1cc3c4c(c1)CCCN4CCC3)c1nc(c(-c3cc4c5c(c3)CCCN5CCC4)c3ccc([nH]3)c2-c2cc3c4c(c2)CCCN4CCC3)C=C1. The molecule has 2 N–H and O–H groups in total. The first-order chi connectivity index (χ1) is 37.6. The van der Waals surface area contributed by atoms with Crippen molar-refractivity contribution < 1.29 is 0 Å². The van der Waals surface area contributed by atoms with Gasteiger partial charge in [-0.1, -0.05) is 0 Å². The molecule has 4 aromatic carbocycles. The van der Waals surface area contributed by atoms with Crippen molar-refractivity contribution in [2.45, 2.75) is 103 Å². The first kappa shape index (κ1) is 43.9. The van der Waals surface area contributed by atoms with Gasteiger partial charge in [0.1, 0.15) is 0 Å². The van der Waals surface area contributed by atoms with Gasteiger partial charge < -0.3 is 29.6 Å². The maximum absolute atomic E-state index is 5.88. The van der Waals surface area contributed by atoms with Crippen LogP contribution in [0.1, 0.15) is 119 Å². The highest BCUT2D eigenvalue weighted by atomic mass is 15.2. The summed E-state index contributed by atoms with van der Waals surface area (Å²) in [6.45, 7) is 9.30. The molecule has 0 amide bonds. The number of anilines is 4. The van der Waals surface area contributed by atoms with Crippen molar-refractivity contribution in [3.63, 3.8) is 0 Å². The molecule has 13 heterocycles. The number of hydrogen-bond donors (Lipinski definition) is 2. The van der Waals surface area contributed by atoms with E-state index in [2.05, 4.69) is 127 Å². The predicted molar refractivity (Wildman–Crippen MR) is 316 cm³/mol. The van der Waals surface area contributed by atoms with Crippen LogP contribution in [0.2, 0.25) is 0 Å². The average molecular weight is 995 g/mol. The van der Waals surface area contributed by atoms with Crippen LogP contribution >= 0.6 is 0 Å². The summed E-state index contributed by atoms with van der Waals surface area (Å²) in [7, 11) is 0. The lowest BCUT2D eigenvalue weighted by molar-refractivity contribution is 0.634.